The largest absolute Gasteiger partial charge is 0.466 e. The number of unbranched alkanes of at least 4 members (excludes halogenated alkanes) is 26. The Morgan fingerprint density at radius 1 is 0.552 bits per heavy atom. The third-order valence-electron chi connectivity index (χ3n) is 12.7. The van der Waals surface area contributed by atoms with E-state index in [-0.39, 0.29) is 24.9 Å². The van der Waals surface area contributed by atoms with E-state index in [9.17, 15) is 35.1 Å². The Morgan fingerprint density at radius 3 is 1.60 bits per heavy atom. The van der Waals surface area contributed by atoms with Crippen LogP contribution in [-0.4, -0.2) is 100 Å². The molecule has 0 spiro atoms. The molecule has 1 heterocycles. The third-order valence-corrected chi connectivity index (χ3v) is 12.7. The summed E-state index contributed by atoms with van der Waals surface area (Å²) in [5, 5.41) is 54.2. The van der Waals surface area contributed by atoms with E-state index in [1.807, 2.05) is 18.2 Å². The van der Waals surface area contributed by atoms with Gasteiger partial charge in [-0.3, -0.25) is 9.59 Å². The van der Waals surface area contributed by atoms with E-state index < -0.39 is 49.5 Å². The highest BCUT2D eigenvalue weighted by atomic mass is 16.7. The molecular formula is C56H101NO10. The van der Waals surface area contributed by atoms with Gasteiger partial charge in [0, 0.05) is 12.8 Å². The van der Waals surface area contributed by atoms with E-state index in [2.05, 4.69) is 43.5 Å². The van der Waals surface area contributed by atoms with Crippen LogP contribution in [0, 0.1) is 0 Å². The van der Waals surface area contributed by atoms with E-state index in [0.717, 1.165) is 70.6 Å². The average molecular weight is 948 g/mol. The number of allylic oxidation sites excluding steroid dienone is 7. The van der Waals surface area contributed by atoms with Crippen molar-refractivity contribution in [1.29, 1.82) is 0 Å². The average Bonchev–Trinajstić information content (AvgIpc) is 3.32. The van der Waals surface area contributed by atoms with E-state index in [0.29, 0.717) is 19.4 Å². The normalized spacial score (nSPS) is 19.9. The second-order valence-electron chi connectivity index (χ2n) is 18.9. The first-order valence-corrected chi connectivity index (χ1v) is 27.4. The van der Waals surface area contributed by atoms with Crippen molar-refractivity contribution >= 4 is 11.9 Å². The summed E-state index contributed by atoms with van der Waals surface area (Å²) in [6.07, 6.45) is 46.3. The summed E-state index contributed by atoms with van der Waals surface area (Å²) in [6.45, 7) is 4.22. The van der Waals surface area contributed by atoms with Crippen LogP contribution in [0.5, 0.6) is 0 Å². The Balaban J connectivity index is 2.27. The molecule has 390 valence electrons. The number of carbonyl (C=O) groups excluding carboxylic acids is 2. The summed E-state index contributed by atoms with van der Waals surface area (Å²) in [5.41, 5.74) is 0. The van der Waals surface area contributed by atoms with Crippen LogP contribution in [0.3, 0.4) is 0 Å². The first kappa shape index (κ1) is 62.6. The first-order chi connectivity index (χ1) is 32.7. The second kappa shape index (κ2) is 46.0. The highest BCUT2D eigenvalue weighted by Gasteiger charge is 2.44. The number of nitrogens with one attached hydrogen (secondary N) is 1. The third kappa shape index (κ3) is 36.3. The maximum atomic E-state index is 13.0. The number of rotatable bonds is 46. The summed E-state index contributed by atoms with van der Waals surface area (Å²) < 4.78 is 16.6. The molecule has 7 atom stereocenters. The van der Waals surface area contributed by atoms with Gasteiger partial charge in [0.2, 0.25) is 5.91 Å². The number of esters is 1. The Kier molecular flexibility index (Phi) is 43.0. The van der Waals surface area contributed by atoms with Crippen LogP contribution in [0.15, 0.2) is 48.6 Å². The molecule has 1 rings (SSSR count). The van der Waals surface area contributed by atoms with Gasteiger partial charge in [0.1, 0.15) is 24.4 Å². The number of hydrogen-bond donors (Lipinski definition) is 6. The van der Waals surface area contributed by atoms with Crippen molar-refractivity contribution in [3.63, 3.8) is 0 Å². The van der Waals surface area contributed by atoms with Gasteiger partial charge in [-0.25, -0.2) is 0 Å². The fraction of sp³-hybridized carbons (Fsp3) is 0.821. The minimum absolute atomic E-state index is 0.0412. The molecule has 1 aliphatic rings. The standard InChI is InChI=1S/C56H101NO10/c1-3-5-7-9-11-13-15-16-17-19-23-26-30-34-38-42-49(59)48(47-66-56-55(64)54(63)53(62)50(46-58)67-56)57-51(60)43-39-35-31-27-24-20-18-21-25-29-33-37-41-45-65-52(61)44-40-36-32-28-22-14-12-10-8-6-4-2/h20,23-24,26,31,35,38,42,48-50,53-56,58-59,62-64H,3-19,21-22,25,27-30,32-34,36-37,39-41,43-47H2,1-2H3,(H,57,60)/b24-20-,26-23+,35-31-,42-38+. The Bertz CT molecular complexity index is 1250. The summed E-state index contributed by atoms with van der Waals surface area (Å²) >= 11 is 0. The first-order valence-electron chi connectivity index (χ1n) is 27.4. The molecule has 1 aliphatic heterocycles. The number of ether oxygens (including phenoxy) is 3. The molecule has 0 aromatic carbocycles. The van der Waals surface area contributed by atoms with Crippen molar-refractivity contribution in [3.05, 3.63) is 48.6 Å². The fourth-order valence-corrected chi connectivity index (χ4v) is 8.26. The molecule has 0 bridgehead atoms. The van der Waals surface area contributed by atoms with E-state index in [1.165, 1.54) is 128 Å². The van der Waals surface area contributed by atoms with Crippen LogP contribution < -0.4 is 5.32 Å². The molecule has 0 saturated carbocycles. The van der Waals surface area contributed by atoms with Gasteiger partial charge < -0.3 is 45.1 Å². The highest BCUT2D eigenvalue weighted by molar-refractivity contribution is 5.76. The molecule has 1 saturated heterocycles. The number of hydrogen-bond acceptors (Lipinski definition) is 10. The zero-order chi connectivity index (χ0) is 48.8. The monoisotopic (exact) mass is 948 g/mol. The lowest BCUT2D eigenvalue weighted by molar-refractivity contribution is -0.302. The van der Waals surface area contributed by atoms with Crippen LogP contribution in [0.1, 0.15) is 232 Å². The van der Waals surface area contributed by atoms with Crippen LogP contribution in [-0.2, 0) is 23.8 Å². The summed E-state index contributed by atoms with van der Waals surface area (Å²) in [6, 6.07) is -0.872. The lowest BCUT2D eigenvalue weighted by Crippen LogP contribution is -2.60. The molecule has 6 N–H and O–H groups in total. The van der Waals surface area contributed by atoms with E-state index >= 15 is 0 Å². The summed E-state index contributed by atoms with van der Waals surface area (Å²) in [7, 11) is 0. The van der Waals surface area contributed by atoms with Crippen molar-refractivity contribution in [2.24, 2.45) is 0 Å². The molecule has 11 nitrogen and oxygen atoms in total. The maximum Gasteiger partial charge on any atom is 0.305 e. The Labute approximate surface area is 408 Å². The van der Waals surface area contributed by atoms with Gasteiger partial charge in [0.25, 0.3) is 0 Å². The minimum atomic E-state index is -1.59. The number of aliphatic hydroxyl groups is 5. The summed E-state index contributed by atoms with van der Waals surface area (Å²) in [4.78, 5) is 25.0. The Hall–Kier alpha value is -2.38. The predicted molar refractivity (Wildman–Crippen MR) is 274 cm³/mol. The number of carbonyl (C=O) groups is 2. The number of amides is 1. The van der Waals surface area contributed by atoms with Gasteiger partial charge >= 0.3 is 5.97 Å². The smallest absolute Gasteiger partial charge is 0.305 e. The van der Waals surface area contributed by atoms with Gasteiger partial charge in [-0.2, -0.15) is 0 Å². The molecule has 11 heteroatoms. The highest BCUT2D eigenvalue weighted by Crippen LogP contribution is 2.23. The molecule has 0 radical (unpaired) electrons. The van der Waals surface area contributed by atoms with Gasteiger partial charge in [-0.05, 0) is 64.2 Å². The lowest BCUT2D eigenvalue weighted by Gasteiger charge is -2.40. The van der Waals surface area contributed by atoms with Gasteiger partial charge in [0.05, 0.1) is 32.0 Å². The molecule has 1 amide bonds. The zero-order valence-electron chi connectivity index (χ0n) is 42.6. The molecule has 7 unspecified atom stereocenters. The molecule has 0 aromatic rings. The van der Waals surface area contributed by atoms with Gasteiger partial charge in [0.15, 0.2) is 6.29 Å². The van der Waals surface area contributed by atoms with Crippen LogP contribution in [0.4, 0.5) is 0 Å². The Morgan fingerprint density at radius 2 is 1.03 bits per heavy atom. The summed E-state index contributed by atoms with van der Waals surface area (Å²) in [5.74, 6) is -0.314. The van der Waals surface area contributed by atoms with Gasteiger partial charge in [-0.15, -0.1) is 0 Å². The molecule has 0 aromatic heterocycles. The van der Waals surface area contributed by atoms with E-state index in [1.54, 1.807) is 6.08 Å². The molecule has 67 heavy (non-hydrogen) atoms. The second-order valence-corrected chi connectivity index (χ2v) is 18.9. The zero-order valence-corrected chi connectivity index (χ0v) is 42.6. The van der Waals surface area contributed by atoms with Crippen molar-refractivity contribution in [2.75, 3.05) is 19.8 Å². The lowest BCUT2D eigenvalue weighted by atomic mass is 9.99. The quantitative estimate of drug-likeness (QED) is 0.0196. The maximum absolute atomic E-state index is 13.0. The van der Waals surface area contributed by atoms with Crippen molar-refractivity contribution in [2.45, 2.75) is 275 Å². The van der Waals surface area contributed by atoms with Crippen molar-refractivity contribution < 1.29 is 49.3 Å². The fourth-order valence-electron chi connectivity index (χ4n) is 8.26. The van der Waals surface area contributed by atoms with E-state index in [4.69, 9.17) is 14.2 Å². The molecule has 0 aliphatic carbocycles. The SMILES string of the molecule is CCCCCCCCCCC/C=C/CC/C=C/C(O)C(COC1OC(CO)C(O)C(O)C1O)NC(=O)CC/C=C\C/C=C\CCCCCCCCOC(=O)CCCCCCCCCCCCC. The van der Waals surface area contributed by atoms with Crippen LogP contribution >= 0.6 is 0 Å². The van der Waals surface area contributed by atoms with Crippen LogP contribution in [0.2, 0.25) is 0 Å². The molecule has 1 fully saturated rings. The van der Waals surface area contributed by atoms with Crippen molar-refractivity contribution in [1.82, 2.24) is 5.32 Å². The van der Waals surface area contributed by atoms with Crippen LogP contribution in [0.25, 0.3) is 0 Å². The number of aliphatic hydroxyl groups excluding tert-OH is 5. The van der Waals surface area contributed by atoms with Crippen molar-refractivity contribution in [3.8, 4) is 0 Å². The van der Waals surface area contributed by atoms with Gasteiger partial charge in [-0.1, -0.05) is 204 Å². The molecular weight excluding hydrogens is 847 g/mol. The predicted octanol–water partition coefficient (Wildman–Crippen LogP) is 11.7. The topological polar surface area (TPSA) is 175 Å². The minimum Gasteiger partial charge on any atom is -0.466 e.